The van der Waals surface area contributed by atoms with Crippen LogP contribution in [-0.2, 0) is 15.3 Å². The van der Waals surface area contributed by atoms with Crippen molar-refractivity contribution in [1.29, 1.82) is 0 Å². The average molecular weight is 196 g/mol. The zero-order chi connectivity index (χ0) is 9.52. The fourth-order valence-electron chi connectivity index (χ4n) is 0.797. The number of rotatable bonds is 4. The van der Waals surface area contributed by atoms with Gasteiger partial charge < -0.3 is 0 Å². The van der Waals surface area contributed by atoms with Crippen LogP contribution in [0.5, 0.6) is 0 Å². The summed E-state index contributed by atoms with van der Waals surface area (Å²) in [6, 6.07) is 9.13. The Morgan fingerprint density at radius 2 is 2.08 bits per heavy atom. The molecule has 1 rings (SSSR count). The molecular weight excluding hydrogens is 184 g/mol. The maximum absolute atomic E-state index is 11.4. The van der Waals surface area contributed by atoms with E-state index in [0.29, 0.717) is 11.5 Å². The van der Waals surface area contributed by atoms with Gasteiger partial charge >= 0.3 is 0 Å². The Balaban J connectivity index is 2.49. The van der Waals surface area contributed by atoms with E-state index in [1.807, 2.05) is 37.3 Å². The van der Waals surface area contributed by atoms with Crippen molar-refractivity contribution in [3.63, 3.8) is 0 Å². The van der Waals surface area contributed by atoms with Crippen molar-refractivity contribution < 1.29 is 8.39 Å². The van der Waals surface area contributed by atoms with E-state index in [4.69, 9.17) is 4.18 Å². The molecular formula is C10H12O2S. The zero-order valence-corrected chi connectivity index (χ0v) is 8.29. The molecule has 1 unspecified atom stereocenters. The van der Waals surface area contributed by atoms with Crippen LogP contribution in [-0.4, -0.2) is 10.8 Å². The Morgan fingerprint density at radius 1 is 1.38 bits per heavy atom. The third-order valence-corrected chi connectivity index (χ3v) is 2.45. The van der Waals surface area contributed by atoms with Gasteiger partial charge in [0.1, 0.15) is 0 Å². The van der Waals surface area contributed by atoms with Gasteiger partial charge in [0.25, 0.3) is 0 Å². The SMILES string of the molecule is CC=CCOS(=O)c1ccccc1. The van der Waals surface area contributed by atoms with Crippen molar-refractivity contribution in [2.24, 2.45) is 0 Å². The molecule has 1 aromatic rings. The Kier molecular flexibility index (Phi) is 4.43. The zero-order valence-electron chi connectivity index (χ0n) is 7.47. The maximum Gasteiger partial charge on any atom is 0.189 e. The lowest BCUT2D eigenvalue weighted by atomic mass is 10.4. The minimum absolute atomic E-state index is 0.387. The first-order valence-corrected chi connectivity index (χ1v) is 5.13. The van der Waals surface area contributed by atoms with Crippen LogP contribution in [0.4, 0.5) is 0 Å². The molecule has 2 nitrogen and oxygen atoms in total. The number of hydrogen-bond acceptors (Lipinski definition) is 2. The molecule has 0 N–H and O–H groups in total. The first-order chi connectivity index (χ1) is 6.34. The summed E-state index contributed by atoms with van der Waals surface area (Å²) in [5, 5.41) is 0. The molecule has 13 heavy (non-hydrogen) atoms. The van der Waals surface area contributed by atoms with E-state index in [2.05, 4.69) is 0 Å². The highest BCUT2D eigenvalue weighted by molar-refractivity contribution is 7.80. The first-order valence-electron chi connectivity index (χ1n) is 4.06. The second-order valence-corrected chi connectivity index (χ2v) is 3.58. The second kappa shape index (κ2) is 5.67. The maximum atomic E-state index is 11.4. The standard InChI is InChI=1S/C10H12O2S/c1-2-3-9-12-13(11)10-7-5-4-6-8-10/h2-8H,9H2,1H3. The van der Waals surface area contributed by atoms with Crippen LogP contribution in [0, 0.1) is 0 Å². The van der Waals surface area contributed by atoms with Crippen LogP contribution in [0.25, 0.3) is 0 Å². The minimum Gasteiger partial charge on any atom is -0.283 e. The molecule has 0 heterocycles. The second-order valence-electron chi connectivity index (χ2n) is 2.40. The lowest BCUT2D eigenvalue weighted by Gasteiger charge is -1.99. The van der Waals surface area contributed by atoms with Crippen molar-refractivity contribution in [2.45, 2.75) is 11.8 Å². The summed E-state index contributed by atoms with van der Waals surface area (Å²) in [6.07, 6.45) is 3.68. The highest BCUT2D eigenvalue weighted by Gasteiger charge is 2.00. The lowest BCUT2D eigenvalue weighted by molar-refractivity contribution is 0.394. The van der Waals surface area contributed by atoms with Crippen molar-refractivity contribution in [3.8, 4) is 0 Å². The molecule has 0 aromatic heterocycles. The van der Waals surface area contributed by atoms with E-state index in [0.717, 1.165) is 0 Å². The normalized spacial score (nSPS) is 13.3. The molecule has 0 fully saturated rings. The molecule has 0 saturated heterocycles. The summed E-state index contributed by atoms with van der Waals surface area (Å²) in [5.41, 5.74) is 0. The van der Waals surface area contributed by atoms with Gasteiger partial charge in [-0.1, -0.05) is 30.4 Å². The van der Waals surface area contributed by atoms with Crippen LogP contribution in [0.3, 0.4) is 0 Å². The van der Waals surface area contributed by atoms with E-state index < -0.39 is 11.1 Å². The van der Waals surface area contributed by atoms with Gasteiger partial charge in [-0.15, -0.1) is 0 Å². The highest BCUT2D eigenvalue weighted by Crippen LogP contribution is 2.05. The molecule has 3 heteroatoms. The summed E-state index contributed by atoms with van der Waals surface area (Å²) >= 11 is -1.34. The fourth-order valence-corrected chi connectivity index (χ4v) is 1.51. The predicted octanol–water partition coefficient (Wildman–Crippen LogP) is 2.30. The van der Waals surface area contributed by atoms with Gasteiger partial charge in [-0.25, -0.2) is 4.21 Å². The molecule has 70 valence electrons. The average Bonchev–Trinajstić information content (AvgIpc) is 2.19. The summed E-state index contributed by atoms with van der Waals surface area (Å²) < 4.78 is 16.4. The van der Waals surface area contributed by atoms with Gasteiger partial charge in [0, 0.05) is 0 Å². The Hall–Kier alpha value is -0.930. The molecule has 0 spiro atoms. The van der Waals surface area contributed by atoms with Gasteiger partial charge in [-0.2, -0.15) is 0 Å². The first kappa shape index (κ1) is 10.2. The molecule has 0 amide bonds. The molecule has 0 aliphatic rings. The van der Waals surface area contributed by atoms with Crippen molar-refractivity contribution in [1.82, 2.24) is 0 Å². The molecule has 0 bridgehead atoms. The lowest BCUT2D eigenvalue weighted by Crippen LogP contribution is -1.97. The van der Waals surface area contributed by atoms with Gasteiger partial charge in [0.2, 0.25) is 0 Å². The Labute approximate surface area is 80.9 Å². The summed E-state index contributed by atoms with van der Waals surface area (Å²) in [7, 11) is 0. The van der Waals surface area contributed by atoms with E-state index in [1.165, 1.54) is 0 Å². The largest absolute Gasteiger partial charge is 0.283 e. The number of hydrogen-bond donors (Lipinski definition) is 0. The van der Waals surface area contributed by atoms with Gasteiger partial charge in [-0.3, -0.25) is 4.18 Å². The molecule has 0 saturated carbocycles. The van der Waals surface area contributed by atoms with E-state index in [9.17, 15) is 4.21 Å². The number of benzene rings is 1. The Bertz CT molecular complexity index is 293. The molecule has 1 atom stereocenters. The third-order valence-electron chi connectivity index (χ3n) is 1.44. The van der Waals surface area contributed by atoms with E-state index in [1.54, 1.807) is 12.1 Å². The van der Waals surface area contributed by atoms with Gasteiger partial charge in [0.15, 0.2) is 11.1 Å². The highest BCUT2D eigenvalue weighted by atomic mass is 32.2. The van der Waals surface area contributed by atoms with Crippen LogP contribution >= 0.6 is 0 Å². The van der Waals surface area contributed by atoms with E-state index >= 15 is 0 Å². The topological polar surface area (TPSA) is 26.3 Å². The number of allylic oxidation sites excluding steroid dienone is 1. The monoisotopic (exact) mass is 196 g/mol. The predicted molar refractivity (Wildman–Crippen MR) is 53.6 cm³/mol. The smallest absolute Gasteiger partial charge is 0.189 e. The Morgan fingerprint density at radius 3 is 2.69 bits per heavy atom. The van der Waals surface area contributed by atoms with Gasteiger partial charge in [0.05, 0.1) is 11.5 Å². The summed E-state index contributed by atoms with van der Waals surface area (Å²) in [5.74, 6) is 0. The van der Waals surface area contributed by atoms with Crippen LogP contribution in [0.15, 0.2) is 47.4 Å². The van der Waals surface area contributed by atoms with E-state index in [-0.39, 0.29) is 0 Å². The summed E-state index contributed by atoms with van der Waals surface area (Å²) in [6.45, 7) is 2.28. The fraction of sp³-hybridized carbons (Fsp3) is 0.200. The van der Waals surface area contributed by atoms with Crippen molar-refractivity contribution in [3.05, 3.63) is 42.5 Å². The van der Waals surface area contributed by atoms with Crippen LogP contribution < -0.4 is 0 Å². The van der Waals surface area contributed by atoms with Crippen molar-refractivity contribution in [2.75, 3.05) is 6.61 Å². The minimum atomic E-state index is -1.34. The molecule has 0 aliphatic carbocycles. The van der Waals surface area contributed by atoms with Crippen LogP contribution in [0.1, 0.15) is 6.92 Å². The van der Waals surface area contributed by atoms with Crippen molar-refractivity contribution >= 4 is 11.1 Å². The third kappa shape index (κ3) is 3.53. The summed E-state index contributed by atoms with van der Waals surface area (Å²) in [4.78, 5) is 0.701. The van der Waals surface area contributed by atoms with Crippen LogP contribution in [0.2, 0.25) is 0 Å². The molecule has 0 radical (unpaired) electrons. The quantitative estimate of drug-likeness (QED) is 0.691. The molecule has 0 aliphatic heterocycles. The molecule has 1 aromatic carbocycles. The van der Waals surface area contributed by atoms with Gasteiger partial charge in [-0.05, 0) is 19.1 Å².